The van der Waals surface area contributed by atoms with Gasteiger partial charge in [0.15, 0.2) is 12.2 Å². The van der Waals surface area contributed by atoms with Crippen molar-refractivity contribution in [1.29, 1.82) is 0 Å². The molecule has 0 aliphatic rings. The smallest absolute Gasteiger partial charge is 0.338 e. The second-order valence-electron chi connectivity index (χ2n) is 3.93. The monoisotopic (exact) mass is 383 g/mol. The van der Waals surface area contributed by atoms with Crippen LogP contribution in [-0.2, 0) is 19.1 Å². The van der Waals surface area contributed by atoms with E-state index in [0.29, 0.717) is 12.8 Å². The molecule has 2 unspecified atom stereocenters. The van der Waals surface area contributed by atoms with Crippen LogP contribution in [0, 0.1) is 0 Å². The van der Waals surface area contributed by atoms with E-state index in [0.717, 1.165) is 12.8 Å². The zero-order valence-electron chi connectivity index (χ0n) is 11.4. The predicted octanol–water partition coefficient (Wildman–Crippen LogP) is 0.0140. The van der Waals surface area contributed by atoms with Gasteiger partial charge < -0.3 is 19.7 Å². The van der Waals surface area contributed by atoms with E-state index in [2.05, 4.69) is 9.47 Å². The Morgan fingerprint density at radius 1 is 0.895 bits per heavy atom. The summed E-state index contributed by atoms with van der Waals surface area (Å²) in [6.07, 6.45) is -0.784. The number of carbonyl (C=O) groups is 2. The third-order valence-electron chi connectivity index (χ3n) is 2.27. The molecule has 0 fully saturated rings. The summed E-state index contributed by atoms with van der Waals surface area (Å²) in [5.41, 5.74) is 0. The van der Waals surface area contributed by atoms with E-state index in [9.17, 15) is 19.8 Å². The van der Waals surface area contributed by atoms with Crippen molar-refractivity contribution in [1.82, 2.24) is 0 Å². The number of unbranched alkanes of at least 4 members (excludes halogenated alkanes) is 2. The van der Waals surface area contributed by atoms with Crippen molar-refractivity contribution in [2.45, 2.75) is 51.7 Å². The van der Waals surface area contributed by atoms with Crippen molar-refractivity contribution in [2.75, 3.05) is 13.2 Å². The van der Waals surface area contributed by atoms with Crippen LogP contribution in [0.1, 0.15) is 39.5 Å². The first-order chi connectivity index (χ1) is 8.54. The molecule has 0 aromatic heterocycles. The maximum absolute atomic E-state index is 11.3. The molecule has 0 heterocycles. The standard InChI is InChI=1S/C12H22O6.Sb/c1-3-5-7-17-11(15)9(13)10(14)12(16)18-8-6-4-2;/h9-10,13-14H,3-8H2,1-2H3;. The number of esters is 2. The molecule has 0 aliphatic carbocycles. The summed E-state index contributed by atoms with van der Waals surface area (Å²) in [5.74, 6) is -2.02. The molecule has 3 radical (unpaired) electrons. The molecule has 19 heavy (non-hydrogen) atoms. The summed E-state index contributed by atoms with van der Waals surface area (Å²) >= 11 is 0. The molecular formula is C12H22O6Sb. The summed E-state index contributed by atoms with van der Waals surface area (Å²) < 4.78 is 9.37. The van der Waals surface area contributed by atoms with Gasteiger partial charge in [-0.1, -0.05) is 26.7 Å². The second-order valence-corrected chi connectivity index (χ2v) is 3.93. The zero-order chi connectivity index (χ0) is 14.0. The molecule has 0 aliphatic heterocycles. The average Bonchev–Trinajstić information content (AvgIpc) is 2.37. The van der Waals surface area contributed by atoms with Gasteiger partial charge in [0.1, 0.15) is 0 Å². The molecule has 0 saturated heterocycles. The van der Waals surface area contributed by atoms with Crippen LogP contribution < -0.4 is 0 Å². The van der Waals surface area contributed by atoms with Crippen molar-refractivity contribution in [2.24, 2.45) is 0 Å². The fourth-order valence-electron chi connectivity index (χ4n) is 1.06. The van der Waals surface area contributed by atoms with Crippen molar-refractivity contribution in [3.63, 3.8) is 0 Å². The molecule has 0 aromatic carbocycles. The number of rotatable bonds is 9. The predicted molar refractivity (Wildman–Crippen MR) is 69.5 cm³/mol. The van der Waals surface area contributed by atoms with Crippen LogP contribution in [0.25, 0.3) is 0 Å². The normalized spacial score (nSPS) is 13.1. The van der Waals surface area contributed by atoms with Gasteiger partial charge in [-0.25, -0.2) is 9.59 Å². The third-order valence-corrected chi connectivity index (χ3v) is 2.27. The molecule has 0 rings (SSSR count). The minimum absolute atomic E-state index is 0. The maximum atomic E-state index is 11.3. The first kappa shape index (κ1) is 21.0. The Hall–Kier alpha value is -0.322. The van der Waals surface area contributed by atoms with E-state index in [4.69, 9.17) is 0 Å². The largest absolute Gasteiger partial charge is 0.464 e. The van der Waals surface area contributed by atoms with Crippen LogP contribution in [0.5, 0.6) is 0 Å². The molecular weight excluding hydrogens is 362 g/mol. The van der Waals surface area contributed by atoms with E-state index < -0.39 is 24.1 Å². The molecule has 6 nitrogen and oxygen atoms in total. The van der Waals surface area contributed by atoms with E-state index in [1.807, 2.05) is 13.8 Å². The number of aliphatic hydroxyl groups is 2. The first-order valence-electron chi connectivity index (χ1n) is 6.24. The van der Waals surface area contributed by atoms with Crippen LogP contribution in [0.4, 0.5) is 0 Å². The van der Waals surface area contributed by atoms with Crippen molar-refractivity contribution < 1.29 is 29.3 Å². The van der Waals surface area contributed by atoms with Crippen LogP contribution in [0.2, 0.25) is 0 Å². The van der Waals surface area contributed by atoms with E-state index in [-0.39, 0.29) is 37.6 Å². The summed E-state index contributed by atoms with van der Waals surface area (Å²) in [7, 11) is 0. The van der Waals surface area contributed by atoms with Crippen LogP contribution in [0.3, 0.4) is 0 Å². The van der Waals surface area contributed by atoms with Crippen molar-refractivity contribution in [3.8, 4) is 0 Å². The Morgan fingerprint density at radius 3 is 1.47 bits per heavy atom. The topological polar surface area (TPSA) is 93.1 Å². The third kappa shape index (κ3) is 9.25. The van der Waals surface area contributed by atoms with E-state index >= 15 is 0 Å². The molecule has 2 N–H and O–H groups in total. The summed E-state index contributed by atoms with van der Waals surface area (Å²) in [5, 5.41) is 18.8. The number of hydrogen-bond acceptors (Lipinski definition) is 6. The van der Waals surface area contributed by atoms with Gasteiger partial charge in [0.2, 0.25) is 0 Å². The Morgan fingerprint density at radius 2 is 1.21 bits per heavy atom. The Kier molecular flexibility index (Phi) is 14.0. The molecule has 111 valence electrons. The Balaban J connectivity index is 0. The van der Waals surface area contributed by atoms with Crippen LogP contribution in [0.15, 0.2) is 0 Å². The molecule has 0 saturated carbocycles. The quantitative estimate of drug-likeness (QED) is 0.331. The molecule has 0 aromatic rings. The van der Waals surface area contributed by atoms with Crippen molar-refractivity contribution >= 4 is 36.4 Å². The van der Waals surface area contributed by atoms with E-state index in [1.54, 1.807) is 0 Å². The number of carbonyl (C=O) groups excluding carboxylic acids is 2. The Bertz CT molecular complexity index is 233. The SMILES string of the molecule is CCCCOC(=O)C(O)C(O)C(=O)OCCCC.[Sb]. The molecule has 0 amide bonds. The number of ether oxygens (including phenoxy) is 2. The zero-order valence-corrected chi connectivity index (χ0v) is 13.9. The van der Waals surface area contributed by atoms with Gasteiger partial charge >= 0.3 is 11.9 Å². The van der Waals surface area contributed by atoms with Crippen molar-refractivity contribution in [3.05, 3.63) is 0 Å². The minimum Gasteiger partial charge on any atom is -0.464 e. The van der Waals surface area contributed by atoms with Crippen LogP contribution >= 0.6 is 0 Å². The summed E-state index contributed by atoms with van der Waals surface area (Å²) in [6.45, 7) is 4.16. The second kappa shape index (κ2) is 12.7. The Labute approximate surface area is 130 Å². The van der Waals surface area contributed by atoms with E-state index in [1.165, 1.54) is 0 Å². The first-order valence-corrected chi connectivity index (χ1v) is 6.24. The molecule has 0 spiro atoms. The minimum atomic E-state index is -1.89. The van der Waals surface area contributed by atoms with Crippen LogP contribution in [-0.4, -0.2) is 72.0 Å². The van der Waals surface area contributed by atoms with Gasteiger partial charge in [-0.15, -0.1) is 0 Å². The maximum Gasteiger partial charge on any atom is 0.338 e. The van der Waals surface area contributed by atoms with Gasteiger partial charge in [-0.2, -0.15) is 0 Å². The fourth-order valence-corrected chi connectivity index (χ4v) is 1.06. The van der Waals surface area contributed by atoms with Gasteiger partial charge in [0, 0.05) is 24.4 Å². The van der Waals surface area contributed by atoms with Gasteiger partial charge in [0.05, 0.1) is 13.2 Å². The van der Waals surface area contributed by atoms with Gasteiger partial charge in [0.25, 0.3) is 0 Å². The van der Waals surface area contributed by atoms with Gasteiger partial charge in [-0.05, 0) is 12.8 Å². The average molecular weight is 384 g/mol. The number of aliphatic hydroxyl groups excluding tert-OH is 2. The summed E-state index contributed by atoms with van der Waals surface area (Å²) in [4.78, 5) is 22.5. The fraction of sp³-hybridized carbons (Fsp3) is 0.833. The number of hydrogen-bond donors (Lipinski definition) is 2. The molecule has 2 atom stereocenters. The summed E-state index contributed by atoms with van der Waals surface area (Å²) in [6, 6.07) is 0. The molecule has 7 heteroatoms. The van der Waals surface area contributed by atoms with Gasteiger partial charge in [-0.3, -0.25) is 0 Å². The molecule has 0 bridgehead atoms.